The van der Waals surface area contributed by atoms with Gasteiger partial charge < -0.3 is 0 Å². The van der Waals surface area contributed by atoms with Crippen LogP contribution < -0.4 is 0 Å². The zero-order valence-electron chi connectivity index (χ0n) is 10.8. The minimum absolute atomic E-state index is 0.0425. The molecule has 0 atom stereocenters. The van der Waals surface area contributed by atoms with E-state index in [1.165, 1.54) is 17.5 Å². The highest BCUT2D eigenvalue weighted by Gasteiger charge is 2.20. The second kappa shape index (κ2) is 4.93. The number of aromatic nitrogens is 2. The smallest absolute Gasteiger partial charge is 0.212 e. The molecule has 0 fully saturated rings. The monoisotopic (exact) mass is 318 g/mol. The maximum atomic E-state index is 12.6. The first-order valence-corrected chi connectivity index (χ1v) is 7.38. The Bertz CT molecular complexity index is 646. The lowest BCUT2D eigenvalue weighted by Crippen LogP contribution is -2.11. The summed E-state index contributed by atoms with van der Waals surface area (Å²) in [6.07, 6.45) is 5.11. The lowest BCUT2D eigenvalue weighted by Gasteiger charge is -2.07. The van der Waals surface area contributed by atoms with Crippen molar-refractivity contribution < 1.29 is 4.79 Å². The van der Waals surface area contributed by atoms with Gasteiger partial charge in [-0.25, -0.2) is 0 Å². The topological polar surface area (TPSA) is 34.9 Å². The van der Waals surface area contributed by atoms with Gasteiger partial charge in [-0.15, -0.1) is 0 Å². The number of carbonyl (C=O) groups is 1. The van der Waals surface area contributed by atoms with E-state index in [9.17, 15) is 4.79 Å². The minimum Gasteiger partial charge on any atom is -0.287 e. The molecule has 0 radical (unpaired) electrons. The summed E-state index contributed by atoms with van der Waals surface area (Å²) in [5, 5.41) is 4.20. The van der Waals surface area contributed by atoms with E-state index in [1.807, 2.05) is 19.1 Å². The van der Waals surface area contributed by atoms with Gasteiger partial charge in [-0.2, -0.15) is 5.10 Å². The normalized spacial score (nSPS) is 13.6. The third-order valence-corrected chi connectivity index (χ3v) is 4.25. The van der Waals surface area contributed by atoms with Crippen molar-refractivity contribution in [2.45, 2.75) is 32.7 Å². The number of hydrogen-bond donors (Lipinski definition) is 0. The van der Waals surface area contributed by atoms with Crippen LogP contribution in [-0.2, 0) is 19.4 Å². The fourth-order valence-electron chi connectivity index (χ4n) is 2.68. The van der Waals surface area contributed by atoms with Crippen LogP contribution in [0, 0.1) is 0 Å². The summed E-state index contributed by atoms with van der Waals surface area (Å²) in [5.74, 6) is 0.0425. The van der Waals surface area contributed by atoms with E-state index in [0.29, 0.717) is 12.2 Å². The molecule has 3 rings (SSSR count). The number of nitrogens with zero attached hydrogens (tertiary/aromatic N) is 2. The predicted molar refractivity (Wildman–Crippen MR) is 77.5 cm³/mol. The van der Waals surface area contributed by atoms with E-state index in [4.69, 9.17) is 0 Å². The maximum Gasteiger partial charge on any atom is 0.212 e. The molecule has 1 aromatic carbocycles. The van der Waals surface area contributed by atoms with Crippen molar-refractivity contribution in [2.24, 2.45) is 0 Å². The fourth-order valence-corrected chi connectivity index (χ4v) is 3.15. The molecule has 0 spiro atoms. The van der Waals surface area contributed by atoms with E-state index in [1.54, 1.807) is 10.9 Å². The van der Waals surface area contributed by atoms with Gasteiger partial charge >= 0.3 is 0 Å². The molecule has 19 heavy (non-hydrogen) atoms. The Kier molecular flexibility index (Phi) is 3.27. The molecule has 0 amide bonds. The number of aryl methyl sites for hydroxylation is 3. The van der Waals surface area contributed by atoms with Crippen molar-refractivity contribution in [3.63, 3.8) is 0 Å². The number of rotatable bonds is 3. The van der Waals surface area contributed by atoms with Gasteiger partial charge in [0.2, 0.25) is 5.78 Å². The van der Waals surface area contributed by atoms with Crippen LogP contribution >= 0.6 is 15.9 Å². The average Bonchev–Trinajstić information content (AvgIpc) is 3.02. The molecule has 2 aromatic rings. The van der Waals surface area contributed by atoms with Gasteiger partial charge in [-0.1, -0.05) is 12.1 Å². The van der Waals surface area contributed by atoms with Gasteiger partial charge in [-0.05, 0) is 59.3 Å². The molecule has 0 saturated heterocycles. The third-order valence-electron chi connectivity index (χ3n) is 3.67. The first kappa shape index (κ1) is 12.6. The minimum atomic E-state index is 0.0425. The highest BCUT2D eigenvalue weighted by molar-refractivity contribution is 9.10. The lowest BCUT2D eigenvalue weighted by molar-refractivity contribution is 0.102. The van der Waals surface area contributed by atoms with Gasteiger partial charge in [0.05, 0.1) is 10.7 Å². The molecule has 0 unspecified atom stereocenters. The van der Waals surface area contributed by atoms with Crippen LogP contribution in [0.25, 0.3) is 0 Å². The van der Waals surface area contributed by atoms with Crippen molar-refractivity contribution in [2.75, 3.05) is 0 Å². The number of ketones is 1. The number of fused-ring (bicyclic) bond motifs is 1. The Balaban J connectivity index is 2.02. The van der Waals surface area contributed by atoms with Gasteiger partial charge in [0, 0.05) is 12.1 Å². The van der Waals surface area contributed by atoms with Gasteiger partial charge in [0.15, 0.2) is 0 Å². The maximum absolute atomic E-state index is 12.6. The lowest BCUT2D eigenvalue weighted by atomic mass is 10.0. The van der Waals surface area contributed by atoms with E-state index in [2.05, 4.69) is 27.1 Å². The molecule has 0 aliphatic heterocycles. The van der Waals surface area contributed by atoms with E-state index in [-0.39, 0.29) is 5.78 Å². The fraction of sp³-hybridized carbons (Fsp3) is 0.333. The number of benzene rings is 1. The Morgan fingerprint density at radius 2 is 2.16 bits per heavy atom. The van der Waals surface area contributed by atoms with E-state index in [0.717, 1.165) is 22.9 Å². The molecule has 1 aliphatic carbocycles. The van der Waals surface area contributed by atoms with E-state index >= 15 is 0 Å². The van der Waals surface area contributed by atoms with Gasteiger partial charge in [-0.3, -0.25) is 9.48 Å². The van der Waals surface area contributed by atoms with Crippen LogP contribution in [-0.4, -0.2) is 15.6 Å². The van der Waals surface area contributed by atoms with Gasteiger partial charge in [0.25, 0.3) is 0 Å². The zero-order chi connectivity index (χ0) is 13.4. The summed E-state index contributed by atoms with van der Waals surface area (Å²) in [6.45, 7) is 2.68. The van der Waals surface area contributed by atoms with Crippen molar-refractivity contribution in [3.05, 3.63) is 51.3 Å². The number of halogens is 1. The molecule has 0 N–H and O–H groups in total. The van der Waals surface area contributed by atoms with Crippen molar-refractivity contribution in [1.82, 2.24) is 9.78 Å². The second-order valence-electron chi connectivity index (χ2n) is 4.82. The Labute approximate surface area is 120 Å². The Morgan fingerprint density at radius 3 is 2.95 bits per heavy atom. The summed E-state index contributed by atoms with van der Waals surface area (Å²) in [6, 6.07) is 6.08. The summed E-state index contributed by atoms with van der Waals surface area (Å²) in [4.78, 5) is 12.6. The molecular formula is C15H15BrN2O. The Hall–Kier alpha value is -1.42. The highest BCUT2D eigenvalue weighted by Crippen LogP contribution is 2.25. The van der Waals surface area contributed by atoms with Crippen molar-refractivity contribution in [3.8, 4) is 0 Å². The van der Waals surface area contributed by atoms with E-state index < -0.39 is 0 Å². The largest absolute Gasteiger partial charge is 0.287 e. The SMILES string of the molecule is CCn1ncc(Br)c1C(=O)c1ccc2c(c1)CCC2. The quantitative estimate of drug-likeness (QED) is 0.813. The summed E-state index contributed by atoms with van der Waals surface area (Å²) in [7, 11) is 0. The standard InChI is InChI=1S/C15H15BrN2O/c1-2-18-14(13(16)9-17-18)15(19)12-7-6-10-4-3-5-11(10)8-12/h6-9H,2-5H2,1H3. The molecule has 1 aromatic heterocycles. The molecule has 1 heterocycles. The van der Waals surface area contributed by atoms with Crippen LogP contribution in [0.2, 0.25) is 0 Å². The van der Waals surface area contributed by atoms with Crippen LogP contribution in [0.5, 0.6) is 0 Å². The second-order valence-corrected chi connectivity index (χ2v) is 5.68. The van der Waals surface area contributed by atoms with Crippen LogP contribution in [0.1, 0.15) is 40.5 Å². The van der Waals surface area contributed by atoms with Crippen LogP contribution in [0.15, 0.2) is 28.9 Å². The van der Waals surface area contributed by atoms with Crippen LogP contribution in [0.3, 0.4) is 0 Å². The summed E-state index contributed by atoms with van der Waals surface area (Å²) in [5.41, 5.74) is 4.11. The molecule has 1 aliphatic rings. The van der Waals surface area contributed by atoms with Crippen molar-refractivity contribution >= 4 is 21.7 Å². The predicted octanol–water partition coefficient (Wildman–Crippen LogP) is 3.39. The molecule has 0 bridgehead atoms. The first-order chi connectivity index (χ1) is 9.20. The number of hydrogen-bond acceptors (Lipinski definition) is 2. The highest BCUT2D eigenvalue weighted by atomic mass is 79.9. The summed E-state index contributed by atoms with van der Waals surface area (Å²) < 4.78 is 2.50. The molecule has 98 valence electrons. The first-order valence-electron chi connectivity index (χ1n) is 6.58. The van der Waals surface area contributed by atoms with Crippen molar-refractivity contribution in [1.29, 1.82) is 0 Å². The number of carbonyl (C=O) groups excluding carboxylic acids is 1. The Morgan fingerprint density at radius 1 is 1.37 bits per heavy atom. The third kappa shape index (κ3) is 2.14. The molecule has 0 saturated carbocycles. The molecule has 4 heteroatoms. The van der Waals surface area contributed by atoms with Crippen LogP contribution in [0.4, 0.5) is 0 Å². The molecule has 3 nitrogen and oxygen atoms in total. The van der Waals surface area contributed by atoms with Gasteiger partial charge in [0.1, 0.15) is 5.69 Å². The zero-order valence-corrected chi connectivity index (χ0v) is 12.4. The summed E-state index contributed by atoms with van der Waals surface area (Å²) >= 11 is 3.41. The average molecular weight is 319 g/mol. The molecular weight excluding hydrogens is 304 g/mol.